The van der Waals surface area contributed by atoms with Crippen LogP contribution in [0.25, 0.3) is 11.6 Å². The summed E-state index contributed by atoms with van der Waals surface area (Å²) >= 11 is 0. The number of allylic oxidation sites excluding steroid dienone is 1. The number of hydrogen-bond acceptors (Lipinski definition) is 0. The van der Waals surface area contributed by atoms with Gasteiger partial charge in [0.2, 0.25) is 0 Å². The normalized spacial score (nSPS) is 18.8. The number of rotatable bonds is 2. The van der Waals surface area contributed by atoms with E-state index in [4.69, 9.17) is 0 Å². The van der Waals surface area contributed by atoms with Crippen LogP contribution in [0, 0.1) is 13.8 Å². The Labute approximate surface area is 154 Å². The number of aryl methyl sites for hydroxylation is 2. The first-order chi connectivity index (χ1) is 11.6. The average molecular weight is 333 g/mol. The third kappa shape index (κ3) is 3.32. The summed E-state index contributed by atoms with van der Waals surface area (Å²) in [7, 11) is 0. The lowest BCUT2D eigenvalue weighted by atomic mass is 9.63. The van der Waals surface area contributed by atoms with Crippen LogP contribution in [0.4, 0.5) is 0 Å². The third-order valence-electron chi connectivity index (χ3n) is 6.21. The molecule has 132 valence electrons. The Kier molecular flexibility index (Phi) is 4.43. The maximum Gasteiger partial charge on any atom is -0.0100 e. The molecule has 0 aliphatic heterocycles. The zero-order valence-corrected chi connectivity index (χ0v) is 17.0. The quantitative estimate of drug-likeness (QED) is 0.509. The van der Waals surface area contributed by atoms with Gasteiger partial charge in [0, 0.05) is 0 Å². The predicted octanol–water partition coefficient (Wildman–Crippen LogP) is 7.21. The topological polar surface area (TPSA) is 0 Å². The van der Waals surface area contributed by atoms with Gasteiger partial charge in [-0.2, -0.15) is 0 Å². The molecule has 0 nitrogen and oxygen atoms in total. The lowest BCUT2D eigenvalue weighted by molar-refractivity contribution is 0.332. The monoisotopic (exact) mass is 332 g/mol. The highest BCUT2D eigenvalue weighted by atomic mass is 14.4. The van der Waals surface area contributed by atoms with Crippen LogP contribution in [-0.4, -0.2) is 0 Å². The fourth-order valence-electron chi connectivity index (χ4n) is 4.19. The van der Waals surface area contributed by atoms with Crippen molar-refractivity contribution in [3.8, 4) is 0 Å². The molecule has 0 saturated carbocycles. The minimum absolute atomic E-state index is 0.264. The lowest BCUT2D eigenvalue weighted by Crippen LogP contribution is -2.33. The average Bonchev–Trinajstić information content (AvgIpc) is 2.55. The predicted molar refractivity (Wildman–Crippen MR) is 111 cm³/mol. The SMILES string of the molecule is CC(=Cc1c(C)cccc1C)c1ccc2c(c1)C(C)(C)CCC2(C)C. The van der Waals surface area contributed by atoms with Crippen LogP contribution in [0.5, 0.6) is 0 Å². The van der Waals surface area contributed by atoms with Crippen molar-refractivity contribution in [2.75, 3.05) is 0 Å². The van der Waals surface area contributed by atoms with Gasteiger partial charge in [0.05, 0.1) is 0 Å². The van der Waals surface area contributed by atoms with Crippen LogP contribution in [0.3, 0.4) is 0 Å². The Bertz CT molecular complexity index is 811. The Balaban J connectivity index is 2.09. The summed E-state index contributed by atoms with van der Waals surface area (Å²) in [5.41, 5.74) is 10.4. The van der Waals surface area contributed by atoms with Crippen molar-refractivity contribution in [3.63, 3.8) is 0 Å². The van der Waals surface area contributed by atoms with Gasteiger partial charge in [-0.1, -0.05) is 70.2 Å². The van der Waals surface area contributed by atoms with E-state index in [9.17, 15) is 0 Å². The van der Waals surface area contributed by atoms with Crippen molar-refractivity contribution >= 4 is 11.6 Å². The summed E-state index contributed by atoms with van der Waals surface area (Å²) in [6, 6.07) is 13.7. The molecule has 1 aliphatic rings. The summed E-state index contributed by atoms with van der Waals surface area (Å²) in [5.74, 6) is 0. The molecule has 0 radical (unpaired) electrons. The molecule has 0 bridgehead atoms. The molecule has 0 amide bonds. The molecule has 25 heavy (non-hydrogen) atoms. The summed E-state index contributed by atoms with van der Waals surface area (Å²) in [5, 5.41) is 0. The van der Waals surface area contributed by atoms with E-state index < -0.39 is 0 Å². The van der Waals surface area contributed by atoms with Crippen LogP contribution in [0.1, 0.15) is 80.8 Å². The van der Waals surface area contributed by atoms with Gasteiger partial charge in [-0.3, -0.25) is 0 Å². The molecule has 0 spiro atoms. The van der Waals surface area contributed by atoms with E-state index in [2.05, 4.69) is 90.9 Å². The highest BCUT2D eigenvalue weighted by Crippen LogP contribution is 2.46. The Hall–Kier alpha value is -1.82. The van der Waals surface area contributed by atoms with Gasteiger partial charge in [0.25, 0.3) is 0 Å². The van der Waals surface area contributed by atoms with Crippen LogP contribution >= 0.6 is 0 Å². The summed E-state index contributed by atoms with van der Waals surface area (Å²) in [6.45, 7) is 16.2. The van der Waals surface area contributed by atoms with E-state index >= 15 is 0 Å². The molecule has 0 aromatic heterocycles. The van der Waals surface area contributed by atoms with E-state index in [0.29, 0.717) is 0 Å². The molecule has 0 unspecified atom stereocenters. The van der Waals surface area contributed by atoms with Crippen LogP contribution < -0.4 is 0 Å². The van der Waals surface area contributed by atoms with Crippen molar-refractivity contribution in [3.05, 3.63) is 69.8 Å². The Morgan fingerprint density at radius 3 is 2.00 bits per heavy atom. The summed E-state index contributed by atoms with van der Waals surface area (Å²) < 4.78 is 0. The maximum absolute atomic E-state index is 2.45. The van der Waals surface area contributed by atoms with E-state index in [1.54, 1.807) is 0 Å². The van der Waals surface area contributed by atoms with Crippen LogP contribution in [0.15, 0.2) is 36.4 Å². The maximum atomic E-state index is 2.45. The molecule has 0 heteroatoms. The van der Waals surface area contributed by atoms with Crippen molar-refractivity contribution in [1.29, 1.82) is 0 Å². The number of benzene rings is 2. The van der Waals surface area contributed by atoms with Gasteiger partial charge < -0.3 is 0 Å². The van der Waals surface area contributed by atoms with Crippen LogP contribution in [0.2, 0.25) is 0 Å². The molecule has 0 fully saturated rings. The smallest absolute Gasteiger partial charge is 0.0100 e. The first-order valence-electron chi connectivity index (χ1n) is 9.52. The van der Waals surface area contributed by atoms with Gasteiger partial charge in [0.15, 0.2) is 0 Å². The van der Waals surface area contributed by atoms with Gasteiger partial charge in [-0.05, 0) is 83.4 Å². The summed E-state index contributed by atoms with van der Waals surface area (Å²) in [4.78, 5) is 0. The molecule has 0 heterocycles. The molecule has 2 aromatic rings. The van der Waals surface area contributed by atoms with Crippen molar-refractivity contribution in [2.24, 2.45) is 0 Å². The van der Waals surface area contributed by atoms with Crippen molar-refractivity contribution < 1.29 is 0 Å². The van der Waals surface area contributed by atoms with Gasteiger partial charge >= 0.3 is 0 Å². The molecule has 3 rings (SSSR count). The van der Waals surface area contributed by atoms with Gasteiger partial charge in [0.1, 0.15) is 0 Å². The third-order valence-corrected chi connectivity index (χ3v) is 6.21. The lowest BCUT2D eigenvalue weighted by Gasteiger charge is -2.42. The Morgan fingerprint density at radius 2 is 1.40 bits per heavy atom. The second-order valence-corrected chi connectivity index (χ2v) is 9.16. The second kappa shape index (κ2) is 6.16. The molecule has 0 N–H and O–H groups in total. The fraction of sp³-hybridized carbons (Fsp3) is 0.440. The highest BCUT2D eigenvalue weighted by Gasteiger charge is 2.36. The van der Waals surface area contributed by atoms with E-state index in [1.807, 2.05) is 0 Å². The van der Waals surface area contributed by atoms with E-state index in [1.165, 1.54) is 51.8 Å². The zero-order chi connectivity index (χ0) is 18.4. The van der Waals surface area contributed by atoms with E-state index in [-0.39, 0.29) is 10.8 Å². The number of hydrogen-bond donors (Lipinski definition) is 0. The van der Waals surface area contributed by atoms with Gasteiger partial charge in [-0.25, -0.2) is 0 Å². The Morgan fingerprint density at radius 1 is 0.840 bits per heavy atom. The molecule has 0 atom stereocenters. The van der Waals surface area contributed by atoms with Crippen LogP contribution in [-0.2, 0) is 10.8 Å². The standard InChI is InChI=1S/C25H32/c1-17-9-8-10-18(2)21(17)15-19(3)20-11-12-22-23(16-20)25(6,7)14-13-24(22,4)5/h8-12,15-16H,13-14H2,1-7H3. The fourth-order valence-corrected chi connectivity index (χ4v) is 4.19. The molecular formula is C25H32. The minimum atomic E-state index is 0.264. The minimum Gasteiger partial charge on any atom is -0.0617 e. The highest BCUT2D eigenvalue weighted by molar-refractivity contribution is 5.82. The largest absolute Gasteiger partial charge is 0.0617 e. The molecule has 1 aliphatic carbocycles. The molecular weight excluding hydrogens is 300 g/mol. The van der Waals surface area contributed by atoms with Gasteiger partial charge in [-0.15, -0.1) is 0 Å². The number of fused-ring (bicyclic) bond motifs is 1. The van der Waals surface area contributed by atoms with Crippen molar-refractivity contribution in [1.82, 2.24) is 0 Å². The first kappa shape index (κ1) is 18.0. The second-order valence-electron chi connectivity index (χ2n) is 9.16. The van der Waals surface area contributed by atoms with Crippen molar-refractivity contribution in [2.45, 2.75) is 72.1 Å². The summed E-state index contributed by atoms with van der Waals surface area (Å²) in [6.07, 6.45) is 4.88. The van der Waals surface area contributed by atoms with E-state index in [0.717, 1.165) is 0 Å². The first-order valence-corrected chi connectivity index (χ1v) is 9.52. The molecule has 0 saturated heterocycles. The zero-order valence-electron chi connectivity index (χ0n) is 17.0. The molecule has 2 aromatic carbocycles.